The monoisotopic (exact) mass is 249 g/mol. The number of rotatable bonds is 2. The van der Waals surface area contributed by atoms with Gasteiger partial charge in [-0.1, -0.05) is 12.2 Å². The predicted molar refractivity (Wildman–Crippen MR) is 72.2 cm³/mol. The van der Waals surface area contributed by atoms with Gasteiger partial charge >= 0.3 is 0 Å². The first-order valence-electron chi connectivity index (χ1n) is 5.58. The minimum atomic E-state index is 0.118. The van der Waals surface area contributed by atoms with E-state index in [1.807, 2.05) is 24.3 Å². The first-order chi connectivity index (χ1) is 8.16. The van der Waals surface area contributed by atoms with Crippen molar-refractivity contribution < 1.29 is 4.79 Å². The highest BCUT2D eigenvalue weighted by molar-refractivity contribution is 7.80. The Bertz CT molecular complexity index is 430. The van der Waals surface area contributed by atoms with Gasteiger partial charge in [0.15, 0.2) is 0 Å². The number of benzene rings is 1. The van der Waals surface area contributed by atoms with Crippen molar-refractivity contribution >= 4 is 28.8 Å². The van der Waals surface area contributed by atoms with E-state index in [0.717, 1.165) is 24.3 Å². The second-order valence-corrected chi connectivity index (χ2v) is 4.44. The molecule has 2 rings (SSSR count). The van der Waals surface area contributed by atoms with Crippen LogP contribution in [0.5, 0.6) is 0 Å². The molecule has 1 fully saturated rings. The van der Waals surface area contributed by atoms with Gasteiger partial charge in [0.25, 0.3) is 0 Å². The molecule has 1 heterocycles. The van der Waals surface area contributed by atoms with Gasteiger partial charge in [-0.25, -0.2) is 0 Å². The maximum absolute atomic E-state index is 11.2. The van der Waals surface area contributed by atoms with Crippen molar-refractivity contribution in [3.05, 3.63) is 29.8 Å². The molecule has 1 aromatic rings. The molecule has 0 unspecified atom stereocenters. The first-order valence-corrected chi connectivity index (χ1v) is 5.99. The SMILES string of the molecule is NC(=S)c1ccc(N2CCNC(=O)CC2)cc1. The van der Waals surface area contributed by atoms with Crippen molar-refractivity contribution in [2.45, 2.75) is 6.42 Å². The van der Waals surface area contributed by atoms with Gasteiger partial charge in [-0.15, -0.1) is 0 Å². The number of carbonyl (C=O) groups is 1. The normalized spacial score (nSPS) is 16.2. The number of nitrogens with zero attached hydrogens (tertiary/aromatic N) is 1. The first kappa shape index (κ1) is 11.9. The van der Waals surface area contributed by atoms with E-state index in [1.54, 1.807) is 0 Å². The van der Waals surface area contributed by atoms with Gasteiger partial charge in [-0.2, -0.15) is 0 Å². The molecule has 4 nitrogen and oxygen atoms in total. The van der Waals surface area contributed by atoms with Crippen LogP contribution in [-0.4, -0.2) is 30.5 Å². The highest BCUT2D eigenvalue weighted by Crippen LogP contribution is 2.16. The van der Waals surface area contributed by atoms with Crippen molar-refractivity contribution in [3.63, 3.8) is 0 Å². The topological polar surface area (TPSA) is 58.4 Å². The van der Waals surface area contributed by atoms with Crippen LogP contribution in [0.2, 0.25) is 0 Å². The van der Waals surface area contributed by atoms with Crippen LogP contribution in [0.4, 0.5) is 5.69 Å². The molecule has 0 saturated carbocycles. The molecule has 1 aliphatic rings. The maximum atomic E-state index is 11.2. The van der Waals surface area contributed by atoms with Gasteiger partial charge in [0.1, 0.15) is 4.99 Å². The largest absolute Gasteiger partial charge is 0.389 e. The highest BCUT2D eigenvalue weighted by Gasteiger charge is 2.13. The molecular weight excluding hydrogens is 234 g/mol. The zero-order valence-corrected chi connectivity index (χ0v) is 10.3. The van der Waals surface area contributed by atoms with E-state index in [9.17, 15) is 4.79 Å². The summed E-state index contributed by atoms with van der Waals surface area (Å²) in [4.78, 5) is 13.8. The molecule has 0 spiro atoms. The van der Waals surface area contributed by atoms with Crippen LogP contribution in [0.15, 0.2) is 24.3 Å². The number of anilines is 1. The summed E-state index contributed by atoms with van der Waals surface area (Å²) >= 11 is 4.91. The average Bonchev–Trinajstić information content (AvgIpc) is 2.54. The summed E-state index contributed by atoms with van der Waals surface area (Å²) in [5.41, 5.74) is 7.52. The van der Waals surface area contributed by atoms with Crippen molar-refractivity contribution in [3.8, 4) is 0 Å². The van der Waals surface area contributed by atoms with Gasteiger partial charge < -0.3 is 16.0 Å². The fourth-order valence-corrected chi connectivity index (χ4v) is 2.00. The summed E-state index contributed by atoms with van der Waals surface area (Å²) in [5.74, 6) is 0.118. The standard InChI is InChI=1S/C12H15N3OS/c13-12(17)9-1-3-10(4-2-9)15-7-5-11(16)14-6-8-15/h1-4H,5-8H2,(H2,13,17)(H,14,16). The Morgan fingerprint density at radius 3 is 2.65 bits per heavy atom. The zero-order valence-electron chi connectivity index (χ0n) is 9.48. The predicted octanol–water partition coefficient (Wildman–Crippen LogP) is 0.647. The number of amides is 1. The van der Waals surface area contributed by atoms with Crippen molar-refractivity contribution in [1.29, 1.82) is 0 Å². The molecule has 90 valence electrons. The molecule has 0 aromatic heterocycles. The fourth-order valence-electron chi connectivity index (χ4n) is 1.86. The number of hydrogen-bond donors (Lipinski definition) is 2. The lowest BCUT2D eigenvalue weighted by molar-refractivity contribution is -0.120. The lowest BCUT2D eigenvalue weighted by atomic mass is 10.2. The van der Waals surface area contributed by atoms with Gasteiger partial charge in [0.2, 0.25) is 5.91 Å². The highest BCUT2D eigenvalue weighted by atomic mass is 32.1. The number of carbonyl (C=O) groups excluding carboxylic acids is 1. The van der Waals surface area contributed by atoms with Crippen LogP contribution in [0.3, 0.4) is 0 Å². The molecule has 1 aromatic carbocycles. The maximum Gasteiger partial charge on any atom is 0.221 e. The second-order valence-electron chi connectivity index (χ2n) is 4.00. The third kappa shape index (κ3) is 2.94. The van der Waals surface area contributed by atoms with Crippen LogP contribution >= 0.6 is 12.2 Å². The summed E-state index contributed by atoms with van der Waals surface area (Å²) in [6.07, 6.45) is 0.539. The van der Waals surface area contributed by atoms with E-state index in [1.165, 1.54) is 0 Å². The van der Waals surface area contributed by atoms with Crippen molar-refractivity contribution in [2.75, 3.05) is 24.5 Å². The molecule has 0 radical (unpaired) electrons. The number of hydrogen-bond acceptors (Lipinski definition) is 3. The lowest BCUT2D eigenvalue weighted by Crippen LogP contribution is -2.28. The van der Waals surface area contributed by atoms with Crippen molar-refractivity contribution in [1.82, 2.24) is 5.32 Å². The molecule has 1 amide bonds. The Balaban J connectivity index is 2.11. The lowest BCUT2D eigenvalue weighted by Gasteiger charge is -2.21. The fraction of sp³-hybridized carbons (Fsp3) is 0.333. The van der Waals surface area contributed by atoms with Crippen molar-refractivity contribution in [2.24, 2.45) is 5.73 Å². The van der Waals surface area contributed by atoms with Gasteiger partial charge in [-0.3, -0.25) is 4.79 Å². The number of thiocarbonyl (C=S) groups is 1. The Morgan fingerprint density at radius 2 is 2.00 bits per heavy atom. The van der Waals surface area contributed by atoms with Crippen LogP contribution in [0.1, 0.15) is 12.0 Å². The smallest absolute Gasteiger partial charge is 0.221 e. The summed E-state index contributed by atoms with van der Waals surface area (Å²) in [7, 11) is 0. The van der Waals surface area contributed by atoms with Crippen LogP contribution in [0.25, 0.3) is 0 Å². The minimum Gasteiger partial charge on any atom is -0.389 e. The molecule has 17 heavy (non-hydrogen) atoms. The summed E-state index contributed by atoms with van der Waals surface area (Å²) in [6, 6.07) is 7.81. The van der Waals surface area contributed by atoms with Gasteiger partial charge in [-0.05, 0) is 24.3 Å². The Labute approximate surface area is 106 Å². The molecular formula is C12H15N3OS. The Kier molecular flexibility index (Phi) is 3.58. The van der Waals surface area contributed by atoms with E-state index in [-0.39, 0.29) is 5.91 Å². The third-order valence-corrected chi connectivity index (χ3v) is 3.07. The van der Waals surface area contributed by atoms with Gasteiger partial charge in [0.05, 0.1) is 0 Å². The van der Waals surface area contributed by atoms with Crippen LogP contribution in [-0.2, 0) is 4.79 Å². The van der Waals surface area contributed by atoms with E-state index >= 15 is 0 Å². The number of nitrogens with one attached hydrogen (secondary N) is 1. The molecule has 0 bridgehead atoms. The summed E-state index contributed by atoms with van der Waals surface area (Å²) in [6.45, 7) is 2.27. The minimum absolute atomic E-state index is 0.118. The molecule has 1 aliphatic heterocycles. The molecule has 0 atom stereocenters. The number of nitrogens with two attached hydrogens (primary N) is 1. The van der Waals surface area contributed by atoms with Crippen LogP contribution in [0, 0.1) is 0 Å². The molecule has 0 aliphatic carbocycles. The van der Waals surface area contributed by atoms with E-state index < -0.39 is 0 Å². The average molecular weight is 249 g/mol. The Hall–Kier alpha value is -1.62. The molecule has 1 saturated heterocycles. The van der Waals surface area contributed by atoms with Gasteiger partial charge in [0, 0.05) is 37.3 Å². The van der Waals surface area contributed by atoms with E-state index in [2.05, 4.69) is 10.2 Å². The summed E-state index contributed by atoms with van der Waals surface area (Å²) in [5, 5.41) is 2.85. The zero-order chi connectivity index (χ0) is 12.3. The van der Waals surface area contributed by atoms with Crippen LogP contribution < -0.4 is 16.0 Å². The molecule has 3 N–H and O–H groups in total. The van der Waals surface area contributed by atoms with E-state index in [4.69, 9.17) is 18.0 Å². The quantitative estimate of drug-likeness (QED) is 0.756. The molecule has 5 heteroatoms. The van der Waals surface area contributed by atoms with E-state index in [0.29, 0.717) is 18.0 Å². The second kappa shape index (κ2) is 5.14. The summed E-state index contributed by atoms with van der Waals surface area (Å²) < 4.78 is 0. The Morgan fingerprint density at radius 1 is 1.29 bits per heavy atom. The third-order valence-electron chi connectivity index (χ3n) is 2.83.